The Morgan fingerprint density at radius 3 is 2.62 bits per heavy atom. The molecule has 4 heteroatoms. The van der Waals surface area contributed by atoms with Gasteiger partial charge in [-0.1, -0.05) is 5.92 Å². The quantitative estimate of drug-likeness (QED) is 0.668. The van der Waals surface area contributed by atoms with Crippen molar-refractivity contribution in [3.63, 3.8) is 0 Å². The van der Waals surface area contributed by atoms with Crippen molar-refractivity contribution in [1.82, 2.24) is 15.1 Å². The van der Waals surface area contributed by atoms with Crippen molar-refractivity contribution in [1.29, 1.82) is 0 Å². The summed E-state index contributed by atoms with van der Waals surface area (Å²) < 4.78 is 0. The summed E-state index contributed by atoms with van der Waals surface area (Å²) in [5, 5.41) is 3.30. The zero-order chi connectivity index (χ0) is 12.0. The van der Waals surface area contributed by atoms with Gasteiger partial charge in [-0.3, -0.25) is 9.69 Å². The lowest BCUT2D eigenvalue weighted by molar-refractivity contribution is -0.127. The maximum atomic E-state index is 11.4. The van der Waals surface area contributed by atoms with Crippen LogP contribution >= 0.6 is 0 Å². The molecular formula is C12H21N3O. The van der Waals surface area contributed by atoms with Gasteiger partial charge in [-0.25, -0.2) is 0 Å². The van der Waals surface area contributed by atoms with Gasteiger partial charge < -0.3 is 10.2 Å². The highest BCUT2D eigenvalue weighted by molar-refractivity contribution is 5.77. The summed E-state index contributed by atoms with van der Waals surface area (Å²) in [5.41, 5.74) is 0. The fraction of sp³-hybridized carbons (Fsp3) is 0.750. The number of carbonyl (C=O) groups is 1. The molecule has 0 aliphatic carbocycles. The largest absolute Gasteiger partial charge is 0.348 e. The van der Waals surface area contributed by atoms with Gasteiger partial charge in [0.1, 0.15) is 0 Å². The molecule has 1 fully saturated rings. The second kappa shape index (κ2) is 6.51. The number of likely N-dealkylation sites (N-methyl/N-ethyl adjacent to an activating group) is 1. The Kier molecular flexibility index (Phi) is 5.30. The summed E-state index contributed by atoms with van der Waals surface area (Å²) in [4.78, 5) is 15.3. The molecule has 0 radical (unpaired) electrons. The Hall–Kier alpha value is -1.05. The van der Waals surface area contributed by atoms with E-state index in [-0.39, 0.29) is 5.91 Å². The van der Waals surface area contributed by atoms with Crippen molar-refractivity contribution in [2.75, 3.05) is 40.3 Å². The molecule has 1 aliphatic heterocycles. The second-order valence-corrected chi connectivity index (χ2v) is 4.42. The highest BCUT2D eigenvalue weighted by atomic mass is 16.2. The average Bonchev–Trinajstić information content (AvgIpc) is 2.28. The summed E-state index contributed by atoms with van der Waals surface area (Å²) >= 11 is 0. The summed E-state index contributed by atoms with van der Waals surface area (Å²) in [6.45, 7) is 3.23. The summed E-state index contributed by atoms with van der Waals surface area (Å²) in [6.07, 6.45) is 7.41. The fourth-order valence-corrected chi connectivity index (χ4v) is 1.81. The molecule has 1 heterocycles. The van der Waals surface area contributed by atoms with Crippen molar-refractivity contribution in [2.45, 2.75) is 18.9 Å². The summed E-state index contributed by atoms with van der Waals surface area (Å²) in [6, 6.07) is 0.456. The highest BCUT2D eigenvalue weighted by Crippen LogP contribution is 2.09. The molecule has 0 spiro atoms. The van der Waals surface area contributed by atoms with Gasteiger partial charge in [0.05, 0.1) is 13.1 Å². The smallest absolute Gasteiger partial charge is 0.236 e. The van der Waals surface area contributed by atoms with Crippen LogP contribution < -0.4 is 5.32 Å². The first-order valence-corrected chi connectivity index (χ1v) is 5.73. The van der Waals surface area contributed by atoms with Crippen molar-refractivity contribution < 1.29 is 4.79 Å². The van der Waals surface area contributed by atoms with E-state index in [0.29, 0.717) is 12.6 Å². The molecule has 1 amide bonds. The van der Waals surface area contributed by atoms with E-state index in [1.54, 1.807) is 19.0 Å². The lowest BCUT2D eigenvalue weighted by Gasteiger charge is -2.31. The minimum Gasteiger partial charge on any atom is -0.348 e. The maximum Gasteiger partial charge on any atom is 0.236 e. The van der Waals surface area contributed by atoms with Crippen LogP contribution in [0.4, 0.5) is 0 Å². The number of amides is 1. The maximum absolute atomic E-state index is 11.4. The lowest BCUT2D eigenvalue weighted by Crippen LogP contribution is -2.45. The van der Waals surface area contributed by atoms with E-state index in [1.807, 2.05) is 0 Å². The van der Waals surface area contributed by atoms with Gasteiger partial charge in [0, 0.05) is 33.2 Å². The first-order valence-electron chi connectivity index (χ1n) is 5.73. The van der Waals surface area contributed by atoms with Crippen LogP contribution in [0.1, 0.15) is 12.8 Å². The van der Waals surface area contributed by atoms with Crippen LogP contribution in [-0.2, 0) is 4.79 Å². The summed E-state index contributed by atoms with van der Waals surface area (Å²) in [7, 11) is 3.55. The first kappa shape index (κ1) is 13.0. The third-order valence-electron chi connectivity index (χ3n) is 2.94. The van der Waals surface area contributed by atoms with Gasteiger partial charge >= 0.3 is 0 Å². The minimum atomic E-state index is 0.131. The van der Waals surface area contributed by atoms with E-state index in [0.717, 1.165) is 32.5 Å². The SMILES string of the molecule is C#CCN1CCC(NCC(=O)N(C)C)CC1. The lowest BCUT2D eigenvalue weighted by atomic mass is 10.1. The molecule has 1 aliphatic rings. The Morgan fingerprint density at radius 1 is 1.50 bits per heavy atom. The van der Waals surface area contributed by atoms with Crippen LogP contribution in [0.3, 0.4) is 0 Å². The first-order chi connectivity index (χ1) is 7.63. The molecule has 90 valence electrons. The van der Waals surface area contributed by atoms with Crippen molar-refractivity contribution >= 4 is 5.91 Å². The summed E-state index contributed by atoms with van der Waals surface area (Å²) in [5.74, 6) is 2.79. The number of carbonyl (C=O) groups excluding carboxylic acids is 1. The molecule has 0 bridgehead atoms. The highest BCUT2D eigenvalue weighted by Gasteiger charge is 2.18. The number of nitrogens with one attached hydrogen (secondary N) is 1. The van der Waals surface area contributed by atoms with Gasteiger partial charge in [0.25, 0.3) is 0 Å². The zero-order valence-corrected chi connectivity index (χ0v) is 10.2. The molecule has 0 unspecified atom stereocenters. The van der Waals surface area contributed by atoms with Crippen LogP contribution in [0.25, 0.3) is 0 Å². The van der Waals surface area contributed by atoms with Gasteiger partial charge in [0.2, 0.25) is 5.91 Å². The van der Waals surface area contributed by atoms with Crippen LogP contribution in [0.15, 0.2) is 0 Å². The Balaban J connectivity index is 2.18. The van der Waals surface area contributed by atoms with E-state index < -0.39 is 0 Å². The molecule has 4 nitrogen and oxygen atoms in total. The number of hydrogen-bond donors (Lipinski definition) is 1. The number of rotatable bonds is 4. The van der Waals surface area contributed by atoms with Crippen LogP contribution in [-0.4, -0.2) is 62.0 Å². The molecule has 0 aromatic rings. The molecule has 0 aromatic carbocycles. The van der Waals surface area contributed by atoms with Crippen molar-refractivity contribution in [3.05, 3.63) is 0 Å². The van der Waals surface area contributed by atoms with Gasteiger partial charge in [-0.05, 0) is 12.8 Å². The topological polar surface area (TPSA) is 35.6 Å². The van der Waals surface area contributed by atoms with E-state index in [9.17, 15) is 4.79 Å². The number of nitrogens with zero attached hydrogens (tertiary/aromatic N) is 2. The Labute approximate surface area is 98.0 Å². The Bertz CT molecular complexity index is 262. The van der Waals surface area contributed by atoms with Gasteiger partial charge in [0.15, 0.2) is 0 Å². The fourth-order valence-electron chi connectivity index (χ4n) is 1.81. The molecule has 1 rings (SSSR count). The predicted octanol–water partition coefficient (Wildman–Crippen LogP) is -0.238. The van der Waals surface area contributed by atoms with E-state index in [1.165, 1.54) is 0 Å². The number of terminal acetylenes is 1. The van der Waals surface area contributed by atoms with Gasteiger partial charge in [-0.2, -0.15) is 0 Å². The monoisotopic (exact) mass is 223 g/mol. The van der Waals surface area contributed by atoms with Gasteiger partial charge in [-0.15, -0.1) is 6.42 Å². The Morgan fingerprint density at radius 2 is 2.12 bits per heavy atom. The normalized spacial score (nSPS) is 18.1. The standard InChI is InChI=1S/C12H21N3O/c1-4-7-15-8-5-11(6-9-15)13-10-12(16)14(2)3/h1,11,13H,5-10H2,2-3H3. The molecular weight excluding hydrogens is 202 g/mol. The van der Waals surface area contributed by atoms with Crippen LogP contribution in [0.5, 0.6) is 0 Å². The van der Waals surface area contributed by atoms with E-state index in [4.69, 9.17) is 6.42 Å². The minimum absolute atomic E-state index is 0.131. The van der Waals surface area contributed by atoms with Crippen LogP contribution in [0, 0.1) is 12.3 Å². The number of piperidine rings is 1. The van der Waals surface area contributed by atoms with Crippen LogP contribution in [0.2, 0.25) is 0 Å². The molecule has 1 saturated heterocycles. The third-order valence-corrected chi connectivity index (χ3v) is 2.94. The molecule has 0 atom stereocenters. The van der Waals surface area contributed by atoms with Crippen molar-refractivity contribution in [3.8, 4) is 12.3 Å². The molecule has 1 N–H and O–H groups in total. The molecule has 16 heavy (non-hydrogen) atoms. The zero-order valence-electron chi connectivity index (χ0n) is 10.2. The average molecular weight is 223 g/mol. The number of hydrogen-bond acceptors (Lipinski definition) is 3. The molecule has 0 saturated carbocycles. The van der Waals surface area contributed by atoms with E-state index >= 15 is 0 Å². The predicted molar refractivity (Wildman–Crippen MR) is 65.0 cm³/mol. The van der Waals surface area contributed by atoms with E-state index in [2.05, 4.69) is 16.1 Å². The molecule has 0 aromatic heterocycles. The second-order valence-electron chi connectivity index (χ2n) is 4.42. The van der Waals surface area contributed by atoms with Crippen molar-refractivity contribution in [2.24, 2.45) is 0 Å². The third kappa shape index (κ3) is 4.21. The number of likely N-dealkylation sites (tertiary alicyclic amines) is 1.